The summed E-state index contributed by atoms with van der Waals surface area (Å²) in [5.41, 5.74) is 6.22. The zero-order valence-electron chi connectivity index (χ0n) is 8.47. The number of rotatable bonds is 4. The molecule has 0 saturated carbocycles. The molecule has 2 rings (SSSR count). The van der Waals surface area contributed by atoms with Crippen molar-refractivity contribution in [2.75, 3.05) is 17.6 Å². The molecule has 2 aromatic rings. The molecule has 0 spiro atoms. The average Bonchev–Trinajstić information content (AvgIpc) is 2.74. The number of pyridine rings is 1. The molecule has 0 atom stereocenters. The Hall–Kier alpha value is -1.63. The number of hydrogen-bond donors (Lipinski definition) is 2. The van der Waals surface area contributed by atoms with E-state index in [1.807, 2.05) is 12.3 Å². The molecule has 0 aliphatic carbocycles. The molecular weight excluding hydrogens is 272 g/mol. The van der Waals surface area contributed by atoms with Crippen LogP contribution in [0.5, 0.6) is 0 Å². The van der Waals surface area contributed by atoms with Crippen LogP contribution in [0.3, 0.4) is 0 Å². The van der Waals surface area contributed by atoms with E-state index < -0.39 is 0 Å². The van der Waals surface area contributed by atoms with Crippen LogP contribution >= 0.6 is 15.9 Å². The lowest BCUT2D eigenvalue weighted by molar-refractivity contribution is 0.608. The van der Waals surface area contributed by atoms with Crippen LogP contribution in [0, 0.1) is 0 Å². The van der Waals surface area contributed by atoms with Crippen molar-refractivity contribution < 1.29 is 0 Å². The van der Waals surface area contributed by atoms with Gasteiger partial charge in [-0.3, -0.25) is 4.68 Å². The van der Waals surface area contributed by atoms with Gasteiger partial charge in [0.15, 0.2) is 0 Å². The summed E-state index contributed by atoms with van der Waals surface area (Å²) < 4.78 is 2.60. The van der Waals surface area contributed by atoms with Gasteiger partial charge in [-0.1, -0.05) is 5.21 Å². The second-order valence-electron chi connectivity index (χ2n) is 3.19. The Balaban J connectivity index is 1.90. The normalized spacial score (nSPS) is 10.3. The number of nitrogens with one attached hydrogen (secondary N) is 1. The van der Waals surface area contributed by atoms with E-state index in [9.17, 15) is 0 Å². The molecule has 0 amide bonds. The number of aromatic nitrogens is 4. The highest BCUT2D eigenvalue weighted by Crippen LogP contribution is 2.21. The van der Waals surface area contributed by atoms with E-state index in [4.69, 9.17) is 5.73 Å². The summed E-state index contributed by atoms with van der Waals surface area (Å²) in [6.45, 7) is 1.46. The fraction of sp³-hybridized carbons (Fsp3) is 0.222. The summed E-state index contributed by atoms with van der Waals surface area (Å²) in [5, 5.41) is 10.8. The number of hydrogen-bond acceptors (Lipinski definition) is 5. The summed E-state index contributed by atoms with van der Waals surface area (Å²) in [4.78, 5) is 4.17. The minimum atomic E-state index is 0.633. The number of nitrogen functional groups attached to an aromatic ring is 1. The molecule has 0 aromatic carbocycles. The van der Waals surface area contributed by atoms with Crippen LogP contribution < -0.4 is 11.1 Å². The molecule has 0 unspecified atom stereocenters. The summed E-state index contributed by atoms with van der Waals surface area (Å²) in [5.74, 6) is 0.773. The number of halogens is 1. The molecule has 0 aliphatic heterocycles. The third kappa shape index (κ3) is 2.69. The van der Waals surface area contributed by atoms with Crippen molar-refractivity contribution in [1.82, 2.24) is 20.0 Å². The molecule has 0 radical (unpaired) electrons. The molecule has 0 bridgehead atoms. The first-order chi connectivity index (χ1) is 7.75. The summed E-state index contributed by atoms with van der Waals surface area (Å²) in [6.07, 6.45) is 5.08. The van der Waals surface area contributed by atoms with Crippen molar-refractivity contribution in [2.45, 2.75) is 6.54 Å². The van der Waals surface area contributed by atoms with Gasteiger partial charge in [-0.05, 0) is 22.0 Å². The predicted molar refractivity (Wildman–Crippen MR) is 64.9 cm³/mol. The minimum absolute atomic E-state index is 0.633. The van der Waals surface area contributed by atoms with Crippen LogP contribution in [0.25, 0.3) is 0 Å². The third-order valence-electron chi connectivity index (χ3n) is 1.97. The van der Waals surface area contributed by atoms with Crippen LogP contribution in [-0.2, 0) is 6.54 Å². The first-order valence-electron chi connectivity index (χ1n) is 4.75. The van der Waals surface area contributed by atoms with Crippen LogP contribution in [-0.4, -0.2) is 26.5 Å². The van der Waals surface area contributed by atoms with Crippen molar-refractivity contribution in [3.8, 4) is 0 Å². The lowest BCUT2D eigenvalue weighted by Crippen LogP contribution is -2.12. The second-order valence-corrected chi connectivity index (χ2v) is 4.05. The fourth-order valence-electron chi connectivity index (χ4n) is 1.22. The van der Waals surface area contributed by atoms with Gasteiger partial charge in [0.05, 0.1) is 29.1 Å². The van der Waals surface area contributed by atoms with Gasteiger partial charge in [-0.15, -0.1) is 5.10 Å². The SMILES string of the molecule is Nc1cnc(NCCn2ccnn2)c(Br)c1. The van der Waals surface area contributed by atoms with E-state index in [1.54, 1.807) is 17.1 Å². The fourth-order valence-corrected chi connectivity index (χ4v) is 1.73. The van der Waals surface area contributed by atoms with E-state index in [2.05, 4.69) is 36.5 Å². The highest BCUT2D eigenvalue weighted by molar-refractivity contribution is 9.10. The van der Waals surface area contributed by atoms with Gasteiger partial charge >= 0.3 is 0 Å². The van der Waals surface area contributed by atoms with Crippen molar-refractivity contribution in [2.24, 2.45) is 0 Å². The van der Waals surface area contributed by atoms with Crippen LogP contribution in [0.4, 0.5) is 11.5 Å². The smallest absolute Gasteiger partial charge is 0.140 e. The zero-order chi connectivity index (χ0) is 11.4. The lowest BCUT2D eigenvalue weighted by atomic mass is 10.4. The molecule has 2 heterocycles. The molecule has 0 fully saturated rings. The first kappa shape index (κ1) is 10.9. The number of nitrogens with two attached hydrogens (primary N) is 1. The van der Waals surface area contributed by atoms with Gasteiger partial charge in [-0.2, -0.15) is 0 Å². The van der Waals surface area contributed by atoms with Gasteiger partial charge in [0.2, 0.25) is 0 Å². The van der Waals surface area contributed by atoms with E-state index in [1.165, 1.54) is 0 Å². The zero-order valence-corrected chi connectivity index (χ0v) is 10.1. The lowest BCUT2D eigenvalue weighted by Gasteiger charge is -2.07. The Morgan fingerprint density at radius 3 is 3.06 bits per heavy atom. The predicted octanol–water partition coefficient (Wildman–Crippen LogP) is 1.13. The van der Waals surface area contributed by atoms with E-state index >= 15 is 0 Å². The van der Waals surface area contributed by atoms with Gasteiger partial charge in [-0.25, -0.2) is 4.98 Å². The summed E-state index contributed by atoms with van der Waals surface area (Å²) >= 11 is 3.39. The summed E-state index contributed by atoms with van der Waals surface area (Å²) in [7, 11) is 0. The standard InChI is InChI=1S/C9H11BrN6/c10-8-5-7(11)6-13-9(8)12-1-3-16-4-2-14-15-16/h2,4-6H,1,3,11H2,(H,12,13). The maximum absolute atomic E-state index is 5.59. The summed E-state index contributed by atoms with van der Waals surface area (Å²) in [6, 6.07) is 1.81. The Bertz CT molecular complexity index is 455. The topological polar surface area (TPSA) is 81.6 Å². The largest absolute Gasteiger partial charge is 0.397 e. The quantitative estimate of drug-likeness (QED) is 0.879. The Morgan fingerprint density at radius 2 is 2.38 bits per heavy atom. The second kappa shape index (κ2) is 4.93. The number of nitrogens with zero attached hydrogens (tertiary/aromatic N) is 4. The molecule has 84 valence electrons. The van der Waals surface area contributed by atoms with E-state index in [0.29, 0.717) is 5.69 Å². The van der Waals surface area contributed by atoms with Gasteiger partial charge < -0.3 is 11.1 Å². The van der Waals surface area contributed by atoms with Crippen molar-refractivity contribution >= 4 is 27.4 Å². The highest BCUT2D eigenvalue weighted by atomic mass is 79.9. The maximum Gasteiger partial charge on any atom is 0.140 e. The van der Waals surface area contributed by atoms with Gasteiger partial charge in [0, 0.05) is 12.7 Å². The van der Waals surface area contributed by atoms with Crippen molar-refractivity contribution in [3.63, 3.8) is 0 Å². The average molecular weight is 283 g/mol. The Morgan fingerprint density at radius 1 is 1.50 bits per heavy atom. The van der Waals surface area contributed by atoms with Gasteiger partial charge in [0.25, 0.3) is 0 Å². The number of anilines is 2. The van der Waals surface area contributed by atoms with E-state index in [-0.39, 0.29) is 0 Å². The molecule has 3 N–H and O–H groups in total. The molecule has 0 aliphatic rings. The molecule has 7 heteroatoms. The molecule has 2 aromatic heterocycles. The molecule has 6 nitrogen and oxygen atoms in total. The Kier molecular flexibility index (Phi) is 3.35. The van der Waals surface area contributed by atoms with Crippen molar-refractivity contribution in [1.29, 1.82) is 0 Å². The molecule has 16 heavy (non-hydrogen) atoms. The monoisotopic (exact) mass is 282 g/mol. The molecular formula is C9H11BrN6. The van der Waals surface area contributed by atoms with E-state index in [0.717, 1.165) is 23.4 Å². The Labute approximate surface area is 101 Å². The highest BCUT2D eigenvalue weighted by Gasteiger charge is 2.01. The third-order valence-corrected chi connectivity index (χ3v) is 2.57. The maximum atomic E-state index is 5.59. The van der Waals surface area contributed by atoms with Crippen LogP contribution in [0.2, 0.25) is 0 Å². The minimum Gasteiger partial charge on any atom is -0.397 e. The van der Waals surface area contributed by atoms with Crippen LogP contribution in [0.1, 0.15) is 0 Å². The van der Waals surface area contributed by atoms with Gasteiger partial charge in [0.1, 0.15) is 5.82 Å². The van der Waals surface area contributed by atoms with Crippen molar-refractivity contribution in [3.05, 3.63) is 29.1 Å². The molecule has 0 saturated heterocycles. The van der Waals surface area contributed by atoms with Crippen LogP contribution in [0.15, 0.2) is 29.1 Å². The first-order valence-corrected chi connectivity index (χ1v) is 5.54.